The molecule has 0 bridgehead atoms. The van der Waals surface area contributed by atoms with Crippen LogP contribution in [0.15, 0.2) is 96.4 Å². The number of hydrogen-bond donors (Lipinski definition) is 1. The summed E-state index contributed by atoms with van der Waals surface area (Å²) >= 11 is 5.13. The molecule has 11 heteroatoms. The third-order valence-corrected chi connectivity index (χ3v) is 7.77. The maximum atomic E-state index is 13.7. The van der Waals surface area contributed by atoms with Crippen LogP contribution in [0.2, 0.25) is 0 Å². The summed E-state index contributed by atoms with van der Waals surface area (Å²) < 4.78 is 76.7. The van der Waals surface area contributed by atoms with Gasteiger partial charge in [-0.3, -0.25) is 0 Å². The van der Waals surface area contributed by atoms with Gasteiger partial charge >= 0.3 is 15.5 Å². The van der Waals surface area contributed by atoms with Crippen LogP contribution in [0.4, 0.5) is 18.9 Å². The van der Waals surface area contributed by atoms with Gasteiger partial charge in [-0.2, -0.15) is 21.6 Å². The van der Waals surface area contributed by atoms with Crippen LogP contribution in [-0.2, 0) is 10.0 Å². The smallest absolute Gasteiger partial charge is 0.454 e. The van der Waals surface area contributed by atoms with Crippen molar-refractivity contribution in [3.8, 4) is 17.2 Å². The van der Waals surface area contributed by atoms with Crippen molar-refractivity contribution < 1.29 is 31.1 Å². The lowest BCUT2D eigenvalue weighted by Gasteiger charge is -2.34. The SMILES string of the molecule is NCC1=C[N+](c2ccc(Oc3ccccc3OC3=CCC(=S)C=C3)cc2)(S(=O)(=O)C(F)(F)F)CC=C1. The number of quaternary nitrogens is 1. The predicted molar refractivity (Wildman–Crippen MR) is 136 cm³/mol. The first-order chi connectivity index (χ1) is 17.1. The van der Waals surface area contributed by atoms with Crippen LogP contribution in [0.3, 0.4) is 0 Å². The molecule has 2 aromatic rings. The quantitative estimate of drug-likeness (QED) is 0.365. The highest BCUT2D eigenvalue weighted by atomic mass is 32.2. The Morgan fingerprint density at radius 2 is 1.64 bits per heavy atom. The number of nitrogens with zero attached hydrogens (tertiary/aromatic N) is 1. The normalized spacial score (nSPS) is 20.1. The van der Waals surface area contributed by atoms with Gasteiger partial charge in [0.2, 0.25) is 0 Å². The summed E-state index contributed by atoms with van der Waals surface area (Å²) in [6.45, 7) is -0.548. The fourth-order valence-corrected chi connectivity index (χ4v) is 5.22. The van der Waals surface area contributed by atoms with Gasteiger partial charge in [0.1, 0.15) is 24.3 Å². The lowest BCUT2D eigenvalue weighted by Crippen LogP contribution is -2.56. The van der Waals surface area contributed by atoms with Crippen LogP contribution in [0.1, 0.15) is 6.42 Å². The van der Waals surface area contributed by atoms with Crippen molar-refractivity contribution in [2.75, 3.05) is 13.1 Å². The molecule has 36 heavy (non-hydrogen) atoms. The molecule has 2 aliphatic rings. The Hall–Kier alpha value is -3.25. The van der Waals surface area contributed by atoms with E-state index in [1.54, 1.807) is 36.4 Å². The number of nitrogens with two attached hydrogens (primary N) is 1. The van der Waals surface area contributed by atoms with Gasteiger partial charge in [0, 0.05) is 35.5 Å². The van der Waals surface area contributed by atoms with Crippen molar-refractivity contribution in [1.29, 1.82) is 0 Å². The Labute approximate surface area is 212 Å². The molecular weight excluding hydrogens is 513 g/mol. The van der Waals surface area contributed by atoms with E-state index in [4.69, 9.17) is 27.4 Å². The van der Waals surface area contributed by atoms with E-state index >= 15 is 0 Å². The third-order valence-electron chi connectivity index (χ3n) is 5.56. The minimum atomic E-state index is -5.68. The Morgan fingerprint density at radius 1 is 0.972 bits per heavy atom. The van der Waals surface area contributed by atoms with Gasteiger partial charge < -0.3 is 15.2 Å². The number of halogens is 3. The molecule has 0 aromatic heterocycles. The van der Waals surface area contributed by atoms with E-state index in [1.165, 1.54) is 36.4 Å². The molecule has 2 aromatic carbocycles. The molecule has 0 amide bonds. The van der Waals surface area contributed by atoms with Crippen molar-refractivity contribution >= 4 is 32.8 Å². The van der Waals surface area contributed by atoms with E-state index in [-0.39, 0.29) is 23.6 Å². The topological polar surface area (TPSA) is 78.6 Å². The van der Waals surface area contributed by atoms with Gasteiger partial charge in [0.25, 0.3) is 0 Å². The Morgan fingerprint density at radius 3 is 2.22 bits per heavy atom. The highest BCUT2D eigenvalue weighted by Gasteiger charge is 2.61. The zero-order chi connectivity index (χ0) is 26.0. The molecule has 4 rings (SSSR count). The van der Waals surface area contributed by atoms with Crippen LogP contribution in [0.25, 0.3) is 0 Å². The maximum Gasteiger partial charge on any atom is 0.550 e. The fraction of sp³-hybridized carbons (Fsp3) is 0.160. The van der Waals surface area contributed by atoms with E-state index in [0.717, 1.165) is 11.1 Å². The molecule has 1 aliphatic carbocycles. The summed E-state index contributed by atoms with van der Waals surface area (Å²) in [6.07, 6.45) is 9.86. The molecule has 6 nitrogen and oxygen atoms in total. The number of alkyl halides is 3. The van der Waals surface area contributed by atoms with E-state index in [0.29, 0.717) is 23.7 Å². The number of para-hydroxylation sites is 2. The number of allylic oxidation sites excluding steroid dienone is 3. The van der Waals surface area contributed by atoms with Gasteiger partial charge in [0.05, 0.1) is 0 Å². The first kappa shape index (κ1) is 25.8. The first-order valence-electron chi connectivity index (χ1n) is 10.8. The molecule has 0 saturated heterocycles. The second-order valence-corrected chi connectivity index (χ2v) is 10.6. The summed E-state index contributed by atoms with van der Waals surface area (Å²) in [4.78, 5) is 0.789. The van der Waals surface area contributed by atoms with Crippen molar-refractivity contribution in [3.05, 3.63) is 96.4 Å². The Bertz CT molecular complexity index is 1400. The highest BCUT2D eigenvalue weighted by molar-refractivity contribution is 7.91. The molecule has 0 fully saturated rings. The molecule has 1 heterocycles. The van der Waals surface area contributed by atoms with Crippen LogP contribution < -0.4 is 19.1 Å². The van der Waals surface area contributed by atoms with Gasteiger partial charge in [-0.25, -0.2) is 0 Å². The molecule has 1 atom stereocenters. The van der Waals surface area contributed by atoms with Crippen molar-refractivity contribution in [1.82, 2.24) is 3.89 Å². The van der Waals surface area contributed by atoms with Crippen molar-refractivity contribution in [2.45, 2.75) is 11.9 Å². The summed E-state index contributed by atoms with van der Waals surface area (Å²) in [5.41, 5.74) is 0.287. The number of sulfonamides is 1. The number of rotatable bonds is 7. The predicted octanol–water partition coefficient (Wildman–Crippen LogP) is 5.64. The second kappa shape index (κ2) is 10.0. The summed E-state index contributed by atoms with van der Waals surface area (Å²) in [6, 6.07) is 12.3. The summed E-state index contributed by atoms with van der Waals surface area (Å²) in [5.74, 6) is 1.66. The molecule has 2 N–H and O–H groups in total. The molecule has 0 radical (unpaired) electrons. The van der Waals surface area contributed by atoms with Crippen molar-refractivity contribution in [2.24, 2.45) is 5.73 Å². The van der Waals surface area contributed by atoms with E-state index in [1.807, 2.05) is 6.08 Å². The zero-order valence-electron chi connectivity index (χ0n) is 18.8. The van der Waals surface area contributed by atoms with Gasteiger partial charge in [-0.15, -0.1) is 3.89 Å². The second-order valence-electron chi connectivity index (χ2n) is 7.96. The molecule has 188 valence electrons. The molecule has 0 spiro atoms. The number of ether oxygens (including phenoxy) is 2. The largest absolute Gasteiger partial charge is 0.550 e. The zero-order valence-corrected chi connectivity index (χ0v) is 20.4. The van der Waals surface area contributed by atoms with Crippen LogP contribution in [-0.4, -0.2) is 31.9 Å². The first-order valence-corrected chi connectivity index (χ1v) is 12.6. The lowest BCUT2D eigenvalue weighted by molar-refractivity contribution is -0.0473. The summed E-state index contributed by atoms with van der Waals surface area (Å²) in [5, 5.41) is 0. The molecular formula is C25H22F3N2O4S2+. The standard InChI is InChI=1S/C25H22F3N2O4S2/c26-25(27,28)36(31,32)30(15-3-4-18(16-29)17-30)19-7-9-20(10-8-19)33-23-5-1-2-6-24(23)34-21-11-13-22(35)14-12-21/h1-13,17H,14-16,29H2/q+1. The lowest BCUT2D eigenvalue weighted by atomic mass is 10.2. The van der Waals surface area contributed by atoms with Crippen LogP contribution in [0.5, 0.6) is 17.2 Å². The minimum absolute atomic E-state index is 0.104. The molecule has 1 aliphatic heterocycles. The molecule has 0 saturated carbocycles. The summed E-state index contributed by atoms with van der Waals surface area (Å²) in [7, 11) is -5.68. The Balaban J connectivity index is 1.64. The maximum absolute atomic E-state index is 13.7. The van der Waals surface area contributed by atoms with Crippen LogP contribution >= 0.6 is 12.2 Å². The van der Waals surface area contributed by atoms with Gasteiger partial charge in [0.15, 0.2) is 17.2 Å². The average Bonchev–Trinajstić information content (AvgIpc) is 2.86. The molecule has 1 unspecified atom stereocenters. The van der Waals surface area contributed by atoms with E-state index < -0.39 is 26.0 Å². The minimum Gasteiger partial charge on any atom is -0.454 e. The number of hydrogen-bond acceptors (Lipinski definition) is 6. The Kier molecular flexibility index (Phi) is 7.19. The van der Waals surface area contributed by atoms with Gasteiger partial charge in [-0.1, -0.05) is 30.4 Å². The van der Waals surface area contributed by atoms with E-state index in [9.17, 15) is 21.6 Å². The van der Waals surface area contributed by atoms with Crippen molar-refractivity contribution in [3.63, 3.8) is 0 Å². The monoisotopic (exact) mass is 535 g/mol. The third kappa shape index (κ3) is 5.00. The average molecular weight is 536 g/mol. The number of thiocarbonyl (C=S) groups is 1. The fourth-order valence-electron chi connectivity index (χ4n) is 3.74. The highest BCUT2D eigenvalue weighted by Crippen LogP contribution is 2.41. The van der Waals surface area contributed by atoms with Gasteiger partial charge in [-0.05, 0) is 48.6 Å². The van der Waals surface area contributed by atoms with E-state index in [2.05, 4.69) is 0 Å². The van der Waals surface area contributed by atoms with Crippen LogP contribution in [0, 0.1) is 0 Å². The number of benzene rings is 2.